The van der Waals surface area contributed by atoms with Crippen LogP contribution in [-0.4, -0.2) is 0 Å². The Bertz CT molecular complexity index is 996. The van der Waals surface area contributed by atoms with Crippen molar-refractivity contribution in [2.45, 2.75) is 32.5 Å². The Hall–Kier alpha value is -1.28. The summed E-state index contributed by atoms with van der Waals surface area (Å²) in [7, 11) is 0. The third kappa shape index (κ3) is 5.45. The highest BCUT2D eigenvalue weighted by molar-refractivity contribution is 7.13. The number of anilines is 2. The van der Waals surface area contributed by atoms with E-state index >= 15 is 0 Å². The van der Waals surface area contributed by atoms with Gasteiger partial charge in [0.1, 0.15) is 16.9 Å². The molecule has 1 heterocycles. The van der Waals surface area contributed by atoms with Crippen LogP contribution in [0.2, 0.25) is 10.0 Å². The Morgan fingerprint density at radius 2 is 1.59 bits per heavy atom. The minimum atomic E-state index is -4.44. The van der Waals surface area contributed by atoms with Crippen molar-refractivity contribution in [1.82, 2.24) is 0 Å². The number of rotatable bonds is 3. The minimum absolute atomic E-state index is 0. The first-order chi connectivity index (χ1) is 13.0. The Balaban J connectivity index is 0.00000300. The van der Waals surface area contributed by atoms with Crippen LogP contribution < -0.4 is 26.9 Å². The summed E-state index contributed by atoms with van der Waals surface area (Å²) in [6, 6.07) is 10.7. The van der Waals surface area contributed by atoms with Crippen LogP contribution in [0.15, 0.2) is 47.8 Å². The van der Waals surface area contributed by atoms with Crippen molar-refractivity contribution in [3.63, 3.8) is 0 Å². The molecule has 0 aliphatic heterocycles. The second-order valence-corrected chi connectivity index (χ2v) is 8.96. The first-order valence-corrected chi connectivity index (χ1v) is 10.0. The van der Waals surface area contributed by atoms with Crippen LogP contribution in [0.4, 0.5) is 24.0 Å². The number of alkyl halides is 3. The van der Waals surface area contributed by atoms with Crippen LogP contribution in [0.5, 0.6) is 0 Å². The number of aromatic nitrogens is 1. The van der Waals surface area contributed by atoms with E-state index in [9.17, 15) is 13.2 Å². The van der Waals surface area contributed by atoms with Gasteiger partial charge in [-0.2, -0.15) is 13.2 Å². The third-order valence-corrected chi connectivity index (χ3v) is 5.50. The molecule has 0 saturated heterocycles. The van der Waals surface area contributed by atoms with Crippen LogP contribution in [0, 0.1) is 0 Å². The van der Waals surface area contributed by atoms with Crippen molar-refractivity contribution in [3.05, 3.63) is 63.5 Å². The van der Waals surface area contributed by atoms with Gasteiger partial charge in [0.05, 0.1) is 10.6 Å². The summed E-state index contributed by atoms with van der Waals surface area (Å²) in [6.45, 7) is 6.08. The third-order valence-electron chi connectivity index (χ3n) is 4.07. The van der Waals surface area contributed by atoms with Gasteiger partial charge in [-0.15, -0.1) is 0 Å². The number of nitrogens with zero attached hydrogens (tertiary/aromatic N) is 1. The Morgan fingerprint density at radius 3 is 2.14 bits per heavy atom. The number of nitrogens with one attached hydrogen (secondary N) is 1. The monoisotopic (exact) mass is 524 g/mol. The quantitative estimate of drug-likeness (QED) is 0.497. The zero-order valence-corrected chi connectivity index (χ0v) is 19.7. The molecule has 0 aliphatic rings. The molecule has 1 N–H and O–H groups in total. The molecule has 1 aromatic heterocycles. The lowest BCUT2D eigenvalue weighted by atomic mass is 10.1. The molecule has 29 heavy (non-hydrogen) atoms. The highest BCUT2D eigenvalue weighted by Gasteiger charge is 2.33. The van der Waals surface area contributed by atoms with Crippen LogP contribution >= 0.6 is 34.5 Å². The van der Waals surface area contributed by atoms with Gasteiger partial charge in [0, 0.05) is 16.0 Å². The van der Waals surface area contributed by atoms with Gasteiger partial charge in [-0.25, -0.2) is 9.88 Å². The van der Waals surface area contributed by atoms with E-state index in [0.717, 1.165) is 23.4 Å². The van der Waals surface area contributed by atoms with Gasteiger partial charge in [-0.05, 0) is 63.2 Å². The predicted molar refractivity (Wildman–Crippen MR) is 110 cm³/mol. The molecule has 3 aromatic rings. The van der Waals surface area contributed by atoms with E-state index < -0.39 is 11.7 Å². The summed E-state index contributed by atoms with van der Waals surface area (Å²) < 4.78 is 41.3. The van der Waals surface area contributed by atoms with E-state index in [4.69, 9.17) is 23.2 Å². The van der Waals surface area contributed by atoms with Crippen LogP contribution in [0.3, 0.4) is 0 Å². The summed E-state index contributed by atoms with van der Waals surface area (Å²) in [5, 5.41) is 6.57. The summed E-state index contributed by atoms with van der Waals surface area (Å²) in [5.41, 5.74) is 1.01. The van der Waals surface area contributed by atoms with Gasteiger partial charge < -0.3 is 17.0 Å². The van der Waals surface area contributed by atoms with Crippen molar-refractivity contribution in [3.8, 4) is 11.3 Å². The van der Waals surface area contributed by atoms with Crippen LogP contribution in [0.25, 0.3) is 11.3 Å². The fourth-order valence-electron chi connectivity index (χ4n) is 2.81. The average molecular weight is 526 g/mol. The summed E-state index contributed by atoms with van der Waals surface area (Å²) in [6.07, 6.45) is -4.44. The maximum Gasteiger partial charge on any atom is 0.416 e. The van der Waals surface area contributed by atoms with E-state index in [1.807, 2.05) is 42.9 Å². The molecule has 0 fully saturated rings. The SMILES string of the molecule is CC(C)(C)[n+]1c(-c2ccc(Cl)cc2)csc1Nc1cc(C(F)(F)F)ccc1Cl.[Br-]. The van der Waals surface area contributed by atoms with Crippen molar-refractivity contribution in [2.24, 2.45) is 0 Å². The molecule has 0 aliphatic carbocycles. The molecule has 2 nitrogen and oxygen atoms in total. The molecule has 0 atom stereocenters. The molecule has 2 aromatic carbocycles. The maximum atomic E-state index is 13.1. The van der Waals surface area contributed by atoms with E-state index in [0.29, 0.717) is 10.2 Å². The van der Waals surface area contributed by atoms with E-state index in [-0.39, 0.29) is 33.2 Å². The molecule has 0 saturated carbocycles. The van der Waals surface area contributed by atoms with Gasteiger partial charge in [-0.1, -0.05) is 34.5 Å². The predicted octanol–water partition coefficient (Wildman–Crippen LogP) is 4.53. The summed E-state index contributed by atoms with van der Waals surface area (Å²) in [5.74, 6) is 0. The van der Waals surface area contributed by atoms with Crippen molar-refractivity contribution in [1.29, 1.82) is 0 Å². The number of thiazole rings is 1. The summed E-state index contributed by atoms with van der Waals surface area (Å²) in [4.78, 5) is 0. The first kappa shape index (κ1) is 24.0. The number of halogens is 6. The fourth-order valence-corrected chi connectivity index (χ4v) is 4.21. The topological polar surface area (TPSA) is 15.9 Å². The van der Waals surface area contributed by atoms with Gasteiger partial charge in [-0.3, -0.25) is 0 Å². The molecule has 0 unspecified atom stereocenters. The molecular weight excluding hydrogens is 508 g/mol. The molecule has 0 amide bonds. The smallest absolute Gasteiger partial charge is 0.416 e. The van der Waals surface area contributed by atoms with Crippen LogP contribution in [0.1, 0.15) is 26.3 Å². The van der Waals surface area contributed by atoms with E-state index in [2.05, 4.69) is 5.32 Å². The van der Waals surface area contributed by atoms with E-state index in [1.54, 1.807) is 12.1 Å². The molecule has 3 rings (SSSR count). The fraction of sp³-hybridized carbons (Fsp3) is 0.250. The molecule has 0 radical (unpaired) electrons. The average Bonchev–Trinajstić information content (AvgIpc) is 3.00. The normalized spacial score (nSPS) is 11.9. The zero-order chi connectivity index (χ0) is 20.7. The van der Waals surface area contributed by atoms with E-state index in [1.165, 1.54) is 17.4 Å². The Morgan fingerprint density at radius 1 is 0.966 bits per heavy atom. The molecule has 0 spiro atoms. The first-order valence-electron chi connectivity index (χ1n) is 8.40. The highest BCUT2D eigenvalue weighted by Crippen LogP contribution is 2.36. The second kappa shape index (κ2) is 8.84. The standard InChI is InChI=1S/C20H17Cl2F3N2S.BrH/c1-19(2,3)27-17(12-4-7-14(21)8-5-12)11-28-18(27)26-16-10-13(20(23,24)25)6-9-15(16)22;/h4-11H,1-3H3;1H. The molecule has 9 heteroatoms. The van der Waals surface area contributed by atoms with Crippen molar-refractivity contribution < 1.29 is 34.7 Å². The van der Waals surface area contributed by atoms with Crippen molar-refractivity contribution >= 4 is 45.4 Å². The van der Waals surface area contributed by atoms with Gasteiger partial charge >= 0.3 is 11.3 Å². The largest absolute Gasteiger partial charge is 1.00 e. The van der Waals surface area contributed by atoms with Gasteiger partial charge in [0.25, 0.3) is 0 Å². The van der Waals surface area contributed by atoms with Gasteiger partial charge in [0.2, 0.25) is 0 Å². The number of hydrogen-bond donors (Lipinski definition) is 1. The summed E-state index contributed by atoms with van der Waals surface area (Å²) >= 11 is 13.5. The van der Waals surface area contributed by atoms with Crippen LogP contribution in [-0.2, 0) is 11.7 Å². The molecule has 0 bridgehead atoms. The minimum Gasteiger partial charge on any atom is -1.00 e. The highest BCUT2D eigenvalue weighted by atomic mass is 79.9. The maximum absolute atomic E-state index is 13.1. The zero-order valence-electron chi connectivity index (χ0n) is 15.7. The Kier molecular flexibility index (Phi) is 7.31. The molecule has 156 valence electrons. The molecular formula is C20H18BrCl2F3N2S. The lowest BCUT2D eigenvalue weighted by Gasteiger charge is -2.20. The Labute approximate surface area is 192 Å². The van der Waals surface area contributed by atoms with Gasteiger partial charge in [0.15, 0.2) is 0 Å². The lowest BCUT2D eigenvalue weighted by Crippen LogP contribution is -3.00. The van der Waals surface area contributed by atoms with Crippen molar-refractivity contribution in [2.75, 3.05) is 5.32 Å². The number of hydrogen-bond acceptors (Lipinski definition) is 2. The second-order valence-electron chi connectivity index (χ2n) is 7.26. The lowest BCUT2D eigenvalue weighted by molar-refractivity contribution is -0.727. The number of benzene rings is 2.